The number of nitrogens with one attached hydrogen (secondary N) is 2. The van der Waals surface area contributed by atoms with Crippen LogP contribution in [0.25, 0.3) is 11.3 Å². The van der Waals surface area contributed by atoms with Crippen LogP contribution >= 0.6 is 7.60 Å². The molecule has 1 atom stereocenters. The van der Waals surface area contributed by atoms with E-state index in [1.165, 1.54) is 0 Å². The van der Waals surface area contributed by atoms with Gasteiger partial charge in [0.25, 0.3) is 0 Å². The molecule has 124 valence electrons. The zero-order chi connectivity index (χ0) is 16.9. The number of rotatable bonds is 6. The van der Waals surface area contributed by atoms with Crippen molar-refractivity contribution in [1.82, 2.24) is 9.97 Å². The Kier molecular flexibility index (Phi) is 5.71. The lowest BCUT2D eigenvalue weighted by Crippen LogP contribution is -2.16. The molecule has 0 fully saturated rings. The third-order valence-corrected chi connectivity index (χ3v) is 4.27. The average Bonchev–Trinajstić information content (AvgIpc) is 3.01. The van der Waals surface area contributed by atoms with Crippen molar-refractivity contribution in [2.24, 2.45) is 4.99 Å². The van der Waals surface area contributed by atoms with E-state index < -0.39 is 7.60 Å². The van der Waals surface area contributed by atoms with Crippen molar-refractivity contribution < 1.29 is 14.0 Å². The van der Waals surface area contributed by atoms with Crippen molar-refractivity contribution in [1.29, 1.82) is 0 Å². The van der Waals surface area contributed by atoms with Gasteiger partial charge in [-0.1, -0.05) is 12.1 Å². The number of aliphatic imine (C=N–C) groups is 1. The van der Waals surface area contributed by atoms with Gasteiger partial charge in [0, 0.05) is 11.7 Å². The highest BCUT2D eigenvalue weighted by atomic mass is 31.2. The summed E-state index contributed by atoms with van der Waals surface area (Å²) in [6.45, 7) is 5.45. The highest BCUT2D eigenvalue weighted by Gasteiger charge is 2.28. The number of hydrogen-bond donors (Lipinski definition) is 3. The summed E-state index contributed by atoms with van der Waals surface area (Å²) in [7, 11) is -3.96. The summed E-state index contributed by atoms with van der Waals surface area (Å²) in [4.78, 5) is 21.2. The molecule has 0 aliphatic heterocycles. The van der Waals surface area contributed by atoms with Crippen LogP contribution in [0.15, 0.2) is 41.8 Å². The van der Waals surface area contributed by atoms with Crippen LogP contribution in [0.1, 0.15) is 20.8 Å². The molecule has 1 unspecified atom stereocenters. The molecule has 3 N–H and O–H groups in total. The summed E-state index contributed by atoms with van der Waals surface area (Å²) >= 11 is 0. The van der Waals surface area contributed by atoms with Gasteiger partial charge in [-0.3, -0.25) is 9.56 Å². The molecule has 7 nitrogen and oxygen atoms in total. The number of H-pyrrole nitrogens is 1. The lowest BCUT2D eigenvalue weighted by atomic mass is 10.1. The van der Waals surface area contributed by atoms with Gasteiger partial charge < -0.3 is 19.7 Å². The van der Waals surface area contributed by atoms with Crippen molar-refractivity contribution >= 4 is 18.9 Å². The Morgan fingerprint density at radius 2 is 2.13 bits per heavy atom. The normalized spacial score (nSPS) is 14.7. The molecule has 0 amide bonds. The van der Waals surface area contributed by atoms with Crippen LogP contribution in [0.2, 0.25) is 0 Å². The first-order valence-corrected chi connectivity index (χ1v) is 8.91. The molecule has 1 heterocycles. The topological polar surface area (TPSA) is 99.6 Å². The van der Waals surface area contributed by atoms with Crippen molar-refractivity contribution in [3.8, 4) is 11.3 Å². The lowest BCUT2D eigenvalue weighted by molar-refractivity contribution is 0.286. The third-order valence-electron chi connectivity index (χ3n) is 2.90. The first-order chi connectivity index (χ1) is 10.9. The number of hydrogen-bond acceptors (Lipinski definition) is 4. The van der Waals surface area contributed by atoms with Gasteiger partial charge in [0.05, 0.1) is 24.8 Å². The lowest BCUT2D eigenvalue weighted by Gasteiger charge is -2.16. The fraction of sp³-hybridized carbons (Fsp3) is 0.333. The monoisotopic (exact) mass is 336 g/mol. The van der Waals surface area contributed by atoms with E-state index in [1.807, 2.05) is 26.0 Å². The standard InChI is InChI=1S/C15H21N4O3P/c1-4-22-23(20,21)15(18-11(2)3)19-13-7-5-12(6-8-13)14-9-16-10-17-14/h5-11H,4H2,1-3H3,(H,16,17)(H,18,19)(H,20,21). The quantitative estimate of drug-likeness (QED) is 0.426. The molecule has 2 rings (SSSR count). The minimum Gasteiger partial charge on any atom is -0.345 e. The number of aromatic amines is 1. The number of benzene rings is 1. The second-order valence-corrected chi connectivity index (χ2v) is 6.87. The van der Waals surface area contributed by atoms with Crippen molar-refractivity contribution in [3.05, 3.63) is 36.8 Å². The number of anilines is 1. The van der Waals surface area contributed by atoms with Gasteiger partial charge in [0.15, 0.2) is 0 Å². The van der Waals surface area contributed by atoms with Crippen LogP contribution < -0.4 is 5.32 Å². The summed E-state index contributed by atoms with van der Waals surface area (Å²) < 4.78 is 17.2. The zero-order valence-electron chi connectivity index (χ0n) is 13.4. The van der Waals surface area contributed by atoms with E-state index in [0.29, 0.717) is 5.69 Å². The Labute approximate surface area is 135 Å². The van der Waals surface area contributed by atoms with E-state index in [1.54, 1.807) is 31.6 Å². The number of imidazole rings is 1. The average molecular weight is 336 g/mol. The second kappa shape index (κ2) is 7.55. The summed E-state index contributed by atoms with van der Waals surface area (Å²) in [5.41, 5.74) is 2.47. The summed E-state index contributed by atoms with van der Waals surface area (Å²) in [6, 6.07) is 7.23. The van der Waals surface area contributed by atoms with Crippen LogP contribution in [0, 0.1) is 0 Å². The minimum absolute atomic E-state index is 0.0522. The molecule has 0 saturated carbocycles. The molecule has 8 heteroatoms. The molecule has 23 heavy (non-hydrogen) atoms. The maximum Gasteiger partial charge on any atom is 0.393 e. The Balaban J connectivity index is 2.21. The fourth-order valence-electron chi connectivity index (χ4n) is 1.93. The summed E-state index contributed by atoms with van der Waals surface area (Å²) in [5, 5.41) is 2.89. The van der Waals surface area contributed by atoms with Gasteiger partial charge in [-0.25, -0.2) is 4.98 Å². The third kappa shape index (κ3) is 4.76. The highest BCUT2D eigenvalue weighted by molar-refractivity contribution is 7.71. The Morgan fingerprint density at radius 3 is 2.65 bits per heavy atom. The van der Waals surface area contributed by atoms with Crippen molar-refractivity contribution in [3.63, 3.8) is 0 Å². The molecule has 1 aromatic heterocycles. The Bertz CT molecular complexity index is 696. The van der Waals surface area contributed by atoms with E-state index in [2.05, 4.69) is 20.3 Å². The van der Waals surface area contributed by atoms with E-state index in [4.69, 9.17) is 4.52 Å². The first kappa shape index (κ1) is 17.4. The largest absolute Gasteiger partial charge is 0.393 e. The van der Waals surface area contributed by atoms with E-state index >= 15 is 0 Å². The van der Waals surface area contributed by atoms with Crippen molar-refractivity contribution in [2.75, 3.05) is 11.9 Å². The Hall–Kier alpha value is -1.95. The van der Waals surface area contributed by atoms with Gasteiger partial charge in [-0.05, 0) is 38.5 Å². The molecule has 0 aliphatic carbocycles. The second-order valence-electron chi connectivity index (χ2n) is 5.15. The molecule has 0 spiro atoms. The van der Waals surface area contributed by atoms with E-state index in [-0.39, 0.29) is 18.2 Å². The minimum atomic E-state index is -3.96. The molecule has 2 aromatic rings. The van der Waals surface area contributed by atoms with Crippen molar-refractivity contribution in [2.45, 2.75) is 26.8 Å². The van der Waals surface area contributed by atoms with Crippen LogP contribution in [-0.4, -0.2) is 33.1 Å². The molecule has 1 aromatic carbocycles. The predicted octanol–water partition coefficient (Wildman–Crippen LogP) is 3.47. The zero-order valence-corrected chi connectivity index (χ0v) is 14.2. The van der Waals surface area contributed by atoms with E-state index in [0.717, 1.165) is 11.3 Å². The molecule has 0 aliphatic rings. The molecule has 0 bridgehead atoms. The van der Waals surface area contributed by atoms with Crippen LogP contribution in [0.3, 0.4) is 0 Å². The van der Waals surface area contributed by atoms with Gasteiger partial charge in [-0.15, -0.1) is 0 Å². The Morgan fingerprint density at radius 1 is 1.43 bits per heavy atom. The van der Waals surface area contributed by atoms with Crippen LogP contribution in [0.5, 0.6) is 0 Å². The molecule has 0 radical (unpaired) electrons. The molecular weight excluding hydrogens is 315 g/mol. The van der Waals surface area contributed by atoms with Crippen LogP contribution in [-0.2, 0) is 9.09 Å². The first-order valence-electron chi connectivity index (χ1n) is 7.34. The van der Waals surface area contributed by atoms with Gasteiger partial charge >= 0.3 is 7.60 Å². The van der Waals surface area contributed by atoms with E-state index in [9.17, 15) is 9.46 Å². The number of nitrogens with zero attached hydrogens (tertiary/aromatic N) is 2. The summed E-state index contributed by atoms with van der Waals surface area (Å²) in [5.74, 6) is 0. The SMILES string of the molecule is CCOP(=O)(O)C(=NC(C)C)Nc1ccc(-c2cnc[nH]2)cc1. The predicted molar refractivity (Wildman–Crippen MR) is 91.7 cm³/mol. The smallest absolute Gasteiger partial charge is 0.345 e. The fourth-order valence-corrected chi connectivity index (χ4v) is 3.05. The van der Waals surface area contributed by atoms with Gasteiger partial charge in [0.2, 0.25) is 5.58 Å². The van der Waals surface area contributed by atoms with Crippen LogP contribution in [0.4, 0.5) is 5.69 Å². The maximum absolute atomic E-state index is 12.2. The van der Waals surface area contributed by atoms with Gasteiger partial charge in [0.1, 0.15) is 0 Å². The maximum atomic E-state index is 12.2. The van der Waals surface area contributed by atoms with Gasteiger partial charge in [-0.2, -0.15) is 0 Å². The number of amidine groups is 1. The summed E-state index contributed by atoms with van der Waals surface area (Å²) in [6.07, 6.45) is 3.34. The number of aromatic nitrogens is 2. The highest BCUT2D eigenvalue weighted by Crippen LogP contribution is 2.44. The molecule has 0 saturated heterocycles. The molecular formula is C15H21N4O3P.